The SMILES string of the molecule is C[C@]12CC[C@H](O)C[C@@H]1CC[C@@H]1[C@@H]2CC[C@]2(C)[C@@H]([C@@H](O)C(=O)O)CC[C@@H]12. The van der Waals surface area contributed by atoms with E-state index >= 15 is 0 Å². The molecule has 0 heterocycles. The Labute approximate surface area is 151 Å². The smallest absolute Gasteiger partial charge is 0.332 e. The number of hydrogen-bond acceptors (Lipinski definition) is 3. The molecule has 0 aromatic rings. The van der Waals surface area contributed by atoms with Crippen LogP contribution in [0.1, 0.15) is 71.6 Å². The van der Waals surface area contributed by atoms with Gasteiger partial charge < -0.3 is 15.3 Å². The fraction of sp³-hybridized carbons (Fsp3) is 0.952. The summed E-state index contributed by atoms with van der Waals surface area (Å²) < 4.78 is 0. The van der Waals surface area contributed by atoms with Crippen molar-refractivity contribution in [2.24, 2.45) is 40.4 Å². The number of aliphatic hydroxyl groups excluding tert-OH is 2. The summed E-state index contributed by atoms with van der Waals surface area (Å²) in [6.45, 7) is 4.73. The Bertz CT molecular complexity index is 548. The summed E-state index contributed by atoms with van der Waals surface area (Å²) in [6, 6.07) is 0. The van der Waals surface area contributed by atoms with Crippen LogP contribution in [0.4, 0.5) is 0 Å². The molecule has 4 fully saturated rings. The maximum atomic E-state index is 11.4. The highest BCUT2D eigenvalue weighted by atomic mass is 16.4. The van der Waals surface area contributed by atoms with Crippen molar-refractivity contribution in [2.45, 2.75) is 83.8 Å². The molecule has 0 saturated heterocycles. The number of carbonyl (C=O) groups is 1. The van der Waals surface area contributed by atoms with Crippen LogP contribution in [-0.2, 0) is 4.79 Å². The van der Waals surface area contributed by atoms with Crippen molar-refractivity contribution in [2.75, 3.05) is 0 Å². The Kier molecular flexibility index (Phi) is 4.23. The maximum Gasteiger partial charge on any atom is 0.332 e. The normalized spacial score (nSPS) is 53.4. The highest BCUT2D eigenvalue weighted by Gasteiger charge is 2.61. The molecule has 25 heavy (non-hydrogen) atoms. The predicted molar refractivity (Wildman–Crippen MR) is 94.9 cm³/mol. The minimum atomic E-state index is -1.21. The lowest BCUT2D eigenvalue weighted by Crippen LogP contribution is -2.54. The molecular weight excluding hydrogens is 316 g/mol. The van der Waals surface area contributed by atoms with Gasteiger partial charge in [-0.2, -0.15) is 0 Å². The summed E-state index contributed by atoms with van der Waals surface area (Å²) in [7, 11) is 0. The van der Waals surface area contributed by atoms with E-state index in [-0.39, 0.29) is 17.4 Å². The summed E-state index contributed by atoms with van der Waals surface area (Å²) in [5.74, 6) is 1.48. The van der Waals surface area contributed by atoms with Crippen LogP contribution < -0.4 is 0 Å². The molecule has 0 aromatic carbocycles. The number of aliphatic carboxylic acids is 1. The summed E-state index contributed by atoms with van der Waals surface area (Å²) in [4.78, 5) is 11.4. The molecule has 0 amide bonds. The van der Waals surface area contributed by atoms with E-state index in [9.17, 15) is 20.1 Å². The highest BCUT2D eigenvalue weighted by Crippen LogP contribution is 2.67. The molecule has 4 heteroatoms. The van der Waals surface area contributed by atoms with Crippen molar-refractivity contribution in [3.8, 4) is 0 Å². The Morgan fingerprint density at radius 2 is 1.64 bits per heavy atom. The number of fused-ring (bicyclic) bond motifs is 5. The number of aliphatic hydroxyl groups is 2. The van der Waals surface area contributed by atoms with Crippen molar-refractivity contribution in [3.63, 3.8) is 0 Å². The third-order valence-electron chi connectivity index (χ3n) is 9.35. The van der Waals surface area contributed by atoms with Crippen LogP contribution in [0.5, 0.6) is 0 Å². The molecule has 4 rings (SSSR count). The van der Waals surface area contributed by atoms with Gasteiger partial charge >= 0.3 is 5.97 Å². The van der Waals surface area contributed by atoms with E-state index in [0.29, 0.717) is 23.2 Å². The van der Waals surface area contributed by atoms with Gasteiger partial charge in [0.25, 0.3) is 0 Å². The molecule has 4 aliphatic carbocycles. The zero-order valence-corrected chi connectivity index (χ0v) is 15.7. The van der Waals surface area contributed by atoms with E-state index in [4.69, 9.17) is 0 Å². The second kappa shape index (κ2) is 5.95. The molecule has 0 aromatic heterocycles. The maximum absolute atomic E-state index is 11.4. The molecule has 142 valence electrons. The fourth-order valence-electron chi connectivity index (χ4n) is 7.97. The second-order valence-corrected chi connectivity index (χ2v) is 10.1. The van der Waals surface area contributed by atoms with Crippen molar-refractivity contribution < 1.29 is 20.1 Å². The van der Waals surface area contributed by atoms with Crippen molar-refractivity contribution in [1.29, 1.82) is 0 Å². The van der Waals surface area contributed by atoms with E-state index in [1.807, 2.05) is 0 Å². The van der Waals surface area contributed by atoms with Crippen LogP contribution in [-0.4, -0.2) is 33.5 Å². The minimum Gasteiger partial charge on any atom is -0.479 e. The second-order valence-electron chi connectivity index (χ2n) is 10.1. The van der Waals surface area contributed by atoms with E-state index in [1.54, 1.807) is 0 Å². The van der Waals surface area contributed by atoms with Crippen LogP contribution in [0, 0.1) is 40.4 Å². The summed E-state index contributed by atoms with van der Waals surface area (Å²) >= 11 is 0. The first-order chi connectivity index (χ1) is 11.8. The number of hydrogen-bond donors (Lipinski definition) is 3. The van der Waals surface area contributed by atoms with Gasteiger partial charge in [0.2, 0.25) is 0 Å². The molecule has 4 nitrogen and oxygen atoms in total. The van der Waals surface area contributed by atoms with Crippen LogP contribution in [0.15, 0.2) is 0 Å². The van der Waals surface area contributed by atoms with Gasteiger partial charge in [0.05, 0.1) is 6.10 Å². The summed E-state index contributed by atoms with van der Waals surface area (Å²) in [5, 5.41) is 29.7. The fourth-order valence-corrected chi connectivity index (χ4v) is 7.97. The van der Waals surface area contributed by atoms with E-state index in [0.717, 1.165) is 44.4 Å². The lowest BCUT2D eigenvalue weighted by Gasteiger charge is -2.61. The topological polar surface area (TPSA) is 77.8 Å². The first kappa shape index (κ1) is 17.8. The van der Waals surface area contributed by atoms with Gasteiger partial charge in [-0.15, -0.1) is 0 Å². The van der Waals surface area contributed by atoms with E-state index in [1.165, 1.54) is 19.3 Å². The standard InChI is InChI=1S/C21H34O4/c1-20-9-7-13(22)11-12(20)3-4-14-15-5-6-17(18(23)19(24)25)21(15,2)10-8-16(14)20/h12-18,22-23H,3-11H2,1-2H3,(H,24,25)/t12-,13-,14-,15-,16-,17+,18+,20-,21-/m0/s1. The molecule has 0 bridgehead atoms. The number of carboxylic acids is 1. The zero-order valence-electron chi connectivity index (χ0n) is 15.7. The Morgan fingerprint density at radius 3 is 2.36 bits per heavy atom. The molecule has 9 atom stereocenters. The third kappa shape index (κ3) is 2.50. The molecule has 0 aliphatic heterocycles. The quantitative estimate of drug-likeness (QED) is 0.713. The van der Waals surface area contributed by atoms with Gasteiger partial charge in [-0.25, -0.2) is 4.79 Å². The summed E-state index contributed by atoms with van der Waals surface area (Å²) in [5.41, 5.74) is 0.337. The van der Waals surface area contributed by atoms with Gasteiger partial charge in [-0.05, 0) is 92.3 Å². The molecule has 0 spiro atoms. The predicted octanol–water partition coefficient (Wildman–Crippen LogP) is 3.45. The molecule has 0 radical (unpaired) electrons. The molecule has 0 unspecified atom stereocenters. The molecular formula is C21H34O4. The van der Waals surface area contributed by atoms with Crippen LogP contribution in [0.25, 0.3) is 0 Å². The monoisotopic (exact) mass is 350 g/mol. The Balaban J connectivity index is 1.59. The molecule has 4 aliphatic rings. The van der Waals surface area contributed by atoms with Crippen molar-refractivity contribution in [1.82, 2.24) is 0 Å². The molecule has 4 saturated carbocycles. The van der Waals surface area contributed by atoms with Gasteiger partial charge in [0.15, 0.2) is 6.10 Å². The van der Waals surface area contributed by atoms with Gasteiger partial charge in [0.1, 0.15) is 0 Å². The lowest BCUT2D eigenvalue weighted by atomic mass is 9.44. The average molecular weight is 350 g/mol. The van der Waals surface area contributed by atoms with Gasteiger partial charge in [-0.3, -0.25) is 0 Å². The van der Waals surface area contributed by atoms with Crippen LogP contribution in [0.3, 0.4) is 0 Å². The van der Waals surface area contributed by atoms with Gasteiger partial charge in [0, 0.05) is 5.92 Å². The average Bonchev–Trinajstić information content (AvgIpc) is 2.92. The first-order valence-electron chi connectivity index (χ1n) is 10.4. The number of rotatable bonds is 2. The van der Waals surface area contributed by atoms with Crippen molar-refractivity contribution in [3.05, 3.63) is 0 Å². The van der Waals surface area contributed by atoms with Crippen LogP contribution >= 0.6 is 0 Å². The Morgan fingerprint density at radius 1 is 0.960 bits per heavy atom. The number of carboxylic acid groups (broad SMARTS) is 1. The lowest BCUT2D eigenvalue weighted by molar-refractivity contribution is -0.158. The zero-order chi connectivity index (χ0) is 18.0. The van der Waals surface area contributed by atoms with E-state index in [2.05, 4.69) is 13.8 Å². The third-order valence-corrected chi connectivity index (χ3v) is 9.35. The van der Waals surface area contributed by atoms with E-state index < -0.39 is 12.1 Å². The highest BCUT2D eigenvalue weighted by molar-refractivity contribution is 5.72. The van der Waals surface area contributed by atoms with Crippen LogP contribution in [0.2, 0.25) is 0 Å². The Hall–Kier alpha value is -0.610. The molecule has 3 N–H and O–H groups in total. The van der Waals surface area contributed by atoms with Gasteiger partial charge in [-0.1, -0.05) is 13.8 Å². The minimum absolute atomic E-state index is 0.0175. The summed E-state index contributed by atoms with van der Waals surface area (Å²) in [6.07, 6.45) is 8.36. The van der Waals surface area contributed by atoms with Crippen molar-refractivity contribution >= 4 is 5.97 Å². The largest absolute Gasteiger partial charge is 0.479 e. The first-order valence-corrected chi connectivity index (χ1v) is 10.4.